The third-order valence-electron chi connectivity index (χ3n) is 1.04. The van der Waals surface area contributed by atoms with Crippen LogP contribution in [0.1, 0.15) is 0 Å². The van der Waals surface area contributed by atoms with Gasteiger partial charge in [-0.15, -0.1) is 0 Å². The van der Waals surface area contributed by atoms with E-state index in [4.69, 9.17) is 5.73 Å². The zero-order valence-electron chi connectivity index (χ0n) is 5.17. The fourth-order valence-corrected chi connectivity index (χ4v) is 0.590. The standard InChI is InChI=1S/C3H2N7O/c4-2-1(7-11-8-2)3-5-9-10-6-3/h(H2-,4,5,6,8,9,10)/q-1. The number of anilines is 1. The lowest BCUT2D eigenvalue weighted by Gasteiger charge is -1.89. The molecule has 0 aliphatic rings. The van der Waals surface area contributed by atoms with Crippen LogP contribution in [0.3, 0.4) is 0 Å². The molecule has 2 heterocycles. The first-order chi connectivity index (χ1) is 5.38. The van der Waals surface area contributed by atoms with Crippen molar-refractivity contribution in [1.29, 1.82) is 0 Å². The molecule has 0 saturated carbocycles. The van der Waals surface area contributed by atoms with E-state index in [1.165, 1.54) is 0 Å². The maximum absolute atomic E-state index is 5.33. The molecule has 0 atom stereocenters. The summed E-state index contributed by atoms with van der Waals surface area (Å²) in [4.78, 5) is 0. The minimum atomic E-state index is 0.125. The maximum atomic E-state index is 5.33. The van der Waals surface area contributed by atoms with Crippen LogP contribution in [0.2, 0.25) is 0 Å². The van der Waals surface area contributed by atoms with E-state index in [0.29, 0.717) is 0 Å². The van der Waals surface area contributed by atoms with Crippen LogP contribution in [0.15, 0.2) is 4.63 Å². The molecule has 2 aromatic heterocycles. The Balaban J connectivity index is 2.53. The quantitative estimate of drug-likeness (QED) is 0.522. The zero-order valence-corrected chi connectivity index (χ0v) is 5.17. The van der Waals surface area contributed by atoms with Crippen LogP contribution < -0.4 is 10.8 Å². The number of nitrogens with zero attached hydrogens (tertiary/aromatic N) is 6. The Morgan fingerprint density at radius 1 is 1.36 bits per heavy atom. The minimum Gasteiger partial charge on any atom is -0.379 e. The van der Waals surface area contributed by atoms with Crippen molar-refractivity contribution in [3.05, 3.63) is 0 Å². The topological polar surface area (TPSA) is 118 Å². The van der Waals surface area contributed by atoms with Crippen molar-refractivity contribution in [3.63, 3.8) is 0 Å². The number of hydrogen-bond acceptors (Lipinski definition) is 7. The van der Waals surface area contributed by atoms with E-state index >= 15 is 0 Å². The Bertz CT molecular complexity index is 336. The molecule has 0 aromatic carbocycles. The largest absolute Gasteiger partial charge is 0.379 e. The van der Waals surface area contributed by atoms with Gasteiger partial charge in [0, 0.05) is 0 Å². The molecule has 0 spiro atoms. The number of nitrogen functional groups attached to an aromatic ring is 1. The monoisotopic (exact) mass is 152 g/mol. The third kappa shape index (κ3) is 0.801. The van der Waals surface area contributed by atoms with Crippen molar-refractivity contribution >= 4 is 5.82 Å². The Hall–Kier alpha value is -1.99. The summed E-state index contributed by atoms with van der Waals surface area (Å²) in [6.07, 6.45) is 0. The second-order valence-electron chi connectivity index (χ2n) is 1.70. The first-order valence-electron chi connectivity index (χ1n) is 2.65. The normalized spacial score (nSPS) is 10.2. The van der Waals surface area contributed by atoms with Gasteiger partial charge in [-0.2, -0.15) is 5.21 Å². The fourth-order valence-electron chi connectivity index (χ4n) is 0.590. The van der Waals surface area contributed by atoms with Crippen LogP contribution in [0, 0.1) is 0 Å². The summed E-state index contributed by atoms with van der Waals surface area (Å²) in [6, 6.07) is 0. The number of nitrogens with two attached hydrogens (primary N) is 1. The fraction of sp³-hybridized carbons (Fsp3) is 0. The molecule has 8 heteroatoms. The van der Waals surface area contributed by atoms with Gasteiger partial charge in [-0.3, -0.25) is 10.3 Å². The summed E-state index contributed by atoms with van der Waals surface area (Å²) in [5.41, 5.74) is 5.59. The Labute approximate surface area is 59.7 Å². The van der Waals surface area contributed by atoms with Gasteiger partial charge in [-0.05, 0) is 10.3 Å². The van der Waals surface area contributed by atoms with Crippen LogP contribution in [0.5, 0.6) is 0 Å². The lowest BCUT2D eigenvalue weighted by atomic mass is 10.4. The number of tetrazole rings is 1. The Morgan fingerprint density at radius 3 is 2.82 bits per heavy atom. The highest BCUT2D eigenvalue weighted by molar-refractivity contribution is 5.60. The summed E-state index contributed by atoms with van der Waals surface area (Å²) in [5, 5.41) is 20.3. The highest BCUT2D eigenvalue weighted by atomic mass is 16.6. The van der Waals surface area contributed by atoms with Crippen LogP contribution in [0.4, 0.5) is 5.82 Å². The maximum Gasteiger partial charge on any atom is 0.196 e. The molecule has 0 unspecified atom stereocenters. The molecular formula is C3H2N7O-. The van der Waals surface area contributed by atoms with Crippen molar-refractivity contribution < 1.29 is 4.63 Å². The van der Waals surface area contributed by atoms with Crippen molar-refractivity contribution in [2.24, 2.45) is 0 Å². The van der Waals surface area contributed by atoms with Gasteiger partial charge >= 0.3 is 0 Å². The van der Waals surface area contributed by atoms with E-state index in [2.05, 4.69) is 35.6 Å². The third-order valence-corrected chi connectivity index (χ3v) is 1.04. The smallest absolute Gasteiger partial charge is 0.196 e. The molecule has 56 valence electrons. The van der Waals surface area contributed by atoms with Gasteiger partial charge in [0.1, 0.15) is 0 Å². The van der Waals surface area contributed by atoms with Crippen LogP contribution in [0.25, 0.3) is 11.5 Å². The highest BCUT2D eigenvalue weighted by Crippen LogP contribution is 2.14. The molecule has 2 rings (SSSR count). The van der Waals surface area contributed by atoms with E-state index in [1.807, 2.05) is 0 Å². The average molecular weight is 152 g/mol. The van der Waals surface area contributed by atoms with Gasteiger partial charge in [0.05, 0.1) is 5.82 Å². The molecule has 0 aliphatic heterocycles. The Kier molecular flexibility index (Phi) is 1.05. The average Bonchev–Trinajstić information content (AvgIpc) is 2.55. The second-order valence-corrected chi connectivity index (χ2v) is 1.70. The van der Waals surface area contributed by atoms with Gasteiger partial charge in [0.2, 0.25) is 0 Å². The SMILES string of the molecule is Nc1nonc1-c1nnn[n-]1. The molecule has 2 N–H and O–H groups in total. The predicted molar refractivity (Wildman–Crippen MR) is 30.9 cm³/mol. The highest BCUT2D eigenvalue weighted by Gasteiger charge is 2.06. The minimum absolute atomic E-state index is 0.125. The summed E-state index contributed by atoms with van der Waals surface area (Å²) < 4.78 is 4.31. The molecule has 0 fully saturated rings. The summed E-state index contributed by atoms with van der Waals surface area (Å²) in [6.45, 7) is 0. The van der Waals surface area contributed by atoms with E-state index in [0.717, 1.165) is 0 Å². The summed E-state index contributed by atoms with van der Waals surface area (Å²) in [5.74, 6) is 0.337. The summed E-state index contributed by atoms with van der Waals surface area (Å²) in [7, 11) is 0. The lowest BCUT2D eigenvalue weighted by molar-refractivity contribution is 0.310. The molecule has 0 radical (unpaired) electrons. The van der Waals surface area contributed by atoms with Gasteiger partial charge in [0.25, 0.3) is 0 Å². The van der Waals surface area contributed by atoms with Gasteiger partial charge < -0.3 is 10.8 Å². The summed E-state index contributed by atoms with van der Waals surface area (Å²) >= 11 is 0. The van der Waals surface area contributed by atoms with Gasteiger partial charge in [-0.25, -0.2) is 4.63 Å². The lowest BCUT2D eigenvalue weighted by Crippen LogP contribution is -1.90. The molecule has 0 bridgehead atoms. The van der Waals surface area contributed by atoms with Gasteiger partial charge in [-0.1, -0.05) is 0 Å². The van der Waals surface area contributed by atoms with Crippen molar-refractivity contribution in [2.75, 3.05) is 5.73 Å². The molecule has 0 saturated heterocycles. The zero-order chi connectivity index (χ0) is 7.68. The van der Waals surface area contributed by atoms with Gasteiger partial charge in [0.15, 0.2) is 11.5 Å². The first-order valence-corrected chi connectivity index (χ1v) is 2.65. The van der Waals surface area contributed by atoms with E-state index in [9.17, 15) is 0 Å². The van der Waals surface area contributed by atoms with Crippen molar-refractivity contribution in [2.45, 2.75) is 0 Å². The molecule has 8 nitrogen and oxygen atoms in total. The van der Waals surface area contributed by atoms with Crippen LogP contribution >= 0.6 is 0 Å². The van der Waals surface area contributed by atoms with E-state index in [1.54, 1.807) is 0 Å². The van der Waals surface area contributed by atoms with E-state index < -0.39 is 0 Å². The number of rotatable bonds is 1. The molecule has 0 amide bonds. The molecule has 0 aliphatic carbocycles. The number of hydrogen-bond donors (Lipinski definition) is 1. The Morgan fingerprint density at radius 2 is 2.27 bits per heavy atom. The molecular weight excluding hydrogens is 150 g/mol. The van der Waals surface area contributed by atoms with Crippen LogP contribution in [-0.2, 0) is 0 Å². The van der Waals surface area contributed by atoms with Crippen molar-refractivity contribution in [3.8, 4) is 11.5 Å². The first kappa shape index (κ1) is 5.77. The number of aromatic nitrogens is 6. The van der Waals surface area contributed by atoms with Crippen LogP contribution in [-0.4, -0.2) is 25.8 Å². The van der Waals surface area contributed by atoms with E-state index in [-0.39, 0.29) is 17.3 Å². The molecule has 11 heavy (non-hydrogen) atoms. The second kappa shape index (κ2) is 2.01. The molecule has 2 aromatic rings. The van der Waals surface area contributed by atoms with Crippen molar-refractivity contribution in [1.82, 2.24) is 30.9 Å². The predicted octanol–water partition coefficient (Wildman–Crippen LogP) is -1.54.